The zero-order valence-electron chi connectivity index (χ0n) is 11.2. The maximum atomic E-state index is 13.5. The highest BCUT2D eigenvalue weighted by molar-refractivity contribution is 5.47. The Morgan fingerprint density at radius 3 is 2.61 bits per heavy atom. The van der Waals surface area contributed by atoms with Crippen LogP contribution in [0, 0.1) is 17.7 Å². The van der Waals surface area contributed by atoms with Crippen molar-refractivity contribution in [1.29, 1.82) is 0 Å². The minimum Gasteiger partial charge on any atom is -0.494 e. The van der Waals surface area contributed by atoms with Gasteiger partial charge in [0.2, 0.25) is 0 Å². The van der Waals surface area contributed by atoms with E-state index < -0.39 is 0 Å². The van der Waals surface area contributed by atoms with Crippen LogP contribution >= 0.6 is 0 Å². The molecule has 0 atom stereocenters. The molecule has 0 amide bonds. The van der Waals surface area contributed by atoms with Gasteiger partial charge >= 0.3 is 0 Å². The van der Waals surface area contributed by atoms with E-state index in [1.54, 1.807) is 6.07 Å². The van der Waals surface area contributed by atoms with Gasteiger partial charge in [-0.3, -0.25) is 0 Å². The lowest BCUT2D eigenvalue weighted by Gasteiger charge is -2.26. The topological polar surface area (TPSA) is 21.3 Å². The lowest BCUT2D eigenvalue weighted by atomic mass is 9.83. The number of methoxy groups -OCH3 is 1. The molecule has 0 saturated heterocycles. The Morgan fingerprint density at radius 2 is 2.00 bits per heavy atom. The molecule has 0 unspecified atom stereocenters. The smallest absolute Gasteiger partial charge is 0.167 e. The number of hydrogen-bond donors (Lipinski definition) is 1. The summed E-state index contributed by atoms with van der Waals surface area (Å²) in [5.74, 6) is 1.60. The Kier molecular flexibility index (Phi) is 4.45. The number of ether oxygens (including phenoxy) is 1. The lowest BCUT2D eigenvalue weighted by Crippen LogP contribution is -2.20. The zero-order valence-corrected chi connectivity index (χ0v) is 11.2. The van der Waals surface area contributed by atoms with E-state index in [2.05, 4.69) is 12.2 Å². The zero-order chi connectivity index (χ0) is 13.0. The van der Waals surface area contributed by atoms with Crippen LogP contribution in [0.25, 0.3) is 0 Å². The highest BCUT2D eigenvalue weighted by Gasteiger charge is 2.17. The number of nitrogens with one attached hydrogen (secondary N) is 1. The van der Waals surface area contributed by atoms with Crippen molar-refractivity contribution >= 4 is 5.69 Å². The first-order valence-corrected chi connectivity index (χ1v) is 6.76. The second-order valence-electron chi connectivity index (χ2n) is 5.36. The third-order valence-corrected chi connectivity index (χ3v) is 3.88. The van der Waals surface area contributed by atoms with E-state index in [9.17, 15) is 4.39 Å². The van der Waals surface area contributed by atoms with Gasteiger partial charge in [0.05, 0.1) is 7.11 Å². The molecule has 2 nitrogen and oxygen atoms in total. The molecule has 1 aromatic rings. The summed E-state index contributed by atoms with van der Waals surface area (Å²) >= 11 is 0. The lowest BCUT2D eigenvalue weighted by molar-refractivity contribution is 0.300. The third-order valence-electron chi connectivity index (χ3n) is 3.88. The summed E-state index contributed by atoms with van der Waals surface area (Å²) in [5, 5.41) is 3.33. The number of hydrogen-bond acceptors (Lipinski definition) is 2. The molecule has 18 heavy (non-hydrogen) atoms. The van der Waals surface area contributed by atoms with Gasteiger partial charge in [0.1, 0.15) is 0 Å². The van der Waals surface area contributed by atoms with Gasteiger partial charge in [0.25, 0.3) is 0 Å². The molecule has 1 aliphatic rings. The van der Waals surface area contributed by atoms with Crippen LogP contribution in [0.3, 0.4) is 0 Å². The van der Waals surface area contributed by atoms with Crippen LogP contribution in [0.2, 0.25) is 0 Å². The Balaban J connectivity index is 1.84. The molecule has 100 valence electrons. The van der Waals surface area contributed by atoms with E-state index in [-0.39, 0.29) is 5.82 Å². The van der Waals surface area contributed by atoms with Crippen molar-refractivity contribution < 1.29 is 9.13 Å². The van der Waals surface area contributed by atoms with Crippen LogP contribution in [0.4, 0.5) is 10.1 Å². The van der Waals surface area contributed by atoms with Crippen LogP contribution in [0.5, 0.6) is 5.75 Å². The fourth-order valence-electron chi connectivity index (χ4n) is 2.57. The van der Waals surface area contributed by atoms with Gasteiger partial charge in [-0.1, -0.05) is 19.8 Å². The van der Waals surface area contributed by atoms with E-state index in [1.165, 1.54) is 38.9 Å². The fourth-order valence-corrected chi connectivity index (χ4v) is 2.57. The molecule has 1 aromatic carbocycles. The highest BCUT2D eigenvalue weighted by Crippen LogP contribution is 2.28. The maximum Gasteiger partial charge on any atom is 0.167 e. The van der Waals surface area contributed by atoms with E-state index >= 15 is 0 Å². The summed E-state index contributed by atoms with van der Waals surface area (Å²) in [5.41, 5.74) is 0.840. The van der Waals surface area contributed by atoms with Gasteiger partial charge < -0.3 is 10.1 Å². The quantitative estimate of drug-likeness (QED) is 0.871. The van der Waals surface area contributed by atoms with Crippen molar-refractivity contribution in [1.82, 2.24) is 0 Å². The molecule has 1 saturated carbocycles. The van der Waals surface area contributed by atoms with Crippen LogP contribution in [-0.4, -0.2) is 13.7 Å². The van der Waals surface area contributed by atoms with Crippen molar-refractivity contribution in [2.75, 3.05) is 19.0 Å². The summed E-state index contributed by atoms with van der Waals surface area (Å²) in [6.07, 6.45) is 5.21. The number of anilines is 1. The Labute approximate surface area is 109 Å². The van der Waals surface area contributed by atoms with Crippen molar-refractivity contribution in [3.63, 3.8) is 0 Å². The highest BCUT2D eigenvalue weighted by atomic mass is 19.1. The second-order valence-corrected chi connectivity index (χ2v) is 5.36. The molecule has 0 bridgehead atoms. The number of benzene rings is 1. The molecule has 0 aromatic heterocycles. The maximum absolute atomic E-state index is 13.5. The van der Waals surface area contributed by atoms with Crippen LogP contribution in [-0.2, 0) is 0 Å². The molecule has 0 spiro atoms. The number of rotatable bonds is 4. The largest absolute Gasteiger partial charge is 0.494 e. The summed E-state index contributed by atoms with van der Waals surface area (Å²) in [7, 11) is 1.48. The van der Waals surface area contributed by atoms with Crippen LogP contribution in [0.15, 0.2) is 18.2 Å². The van der Waals surface area contributed by atoms with E-state index in [0.29, 0.717) is 5.75 Å². The van der Waals surface area contributed by atoms with Gasteiger partial charge in [-0.15, -0.1) is 0 Å². The minimum absolute atomic E-state index is 0.298. The molecular formula is C15H22FNO. The standard InChI is InChI=1S/C15H22FNO/c1-11-3-5-12(6-4-11)10-17-13-7-8-15(18-2)14(16)9-13/h7-9,11-12,17H,3-6,10H2,1-2H3. The molecule has 0 heterocycles. The Morgan fingerprint density at radius 1 is 1.28 bits per heavy atom. The summed E-state index contributed by atoms with van der Waals surface area (Å²) < 4.78 is 18.4. The fraction of sp³-hybridized carbons (Fsp3) is 0.600. The van der Waals surface area contributed by atoms with E-state index in [0.717, 1.165) is 24.1 Å². The molecular weight excluding hydrogens is 229 g/mol. The molecule has 0 aliphatic heterocycles. The predicted molar refractivity (Wildman–Crippen MR) is 72.6 cm³/mol. The molecule has 1 N–H and O–H groups in total. The van der Waals surface area contributed by atoms with Crippen molar-refractivity contribution in [2.24, 2.45) is 11.8 Å². The summed E-state index contributed by atoms with van der Waals surface area (Å²) in [4.78, 5) is 0. The van der Waals surface area contributed by atoms with E-state index in [1.807, 2.05) is 6.07 Å². The average Bonchev–Trinajstić information content (AvgIpc) is 2.38. The first-order chi connectivity index (χ1) is 8.69. The van der Waals surface area contributed by atoms with Gasteiger partial charge in [-0.2, -0.15) is 0 Å². The summed E-state index contributed by atoms with van der Waals surface area (Å²) in [6.45, 7) is 3.26. The minimum atomic E-state index is -0.306. The number of halogens is 1. The molecule has 1 aliphatic carbocycles. The van der Waals surface area contributed by atoms with Crippen molar-refractivity contribution in [3.8, 4) is 5.75 Å². The Bertz CT molecular complexity index is 386. The first kappa shape index (κ1) is 13.2. The molecule has 1 fully saturated rings. The average molecular weight is 251 g/mol. The van der Waals surface area contributed by atoms with Crippen molar-refractivity contribution in [2.45, 2.75) is 32.6 Å². The van der Waals surface area contributed by atoms with Crippen molar-refractivity contribution in [3.05, 3.63) is 24.0 Å². The normalized spacial score (nSPS) is 23.7. The SMILES string of the molecule is COc1ccc(NCC2CCC(C)CC2)cc1F. The van der Waals surface area contributed by atoms with Gasteiger partial charge in [-0.25, -0.2) is 4.39 Å². The second kappa shape index (κ2) is 6.07. The van der Waals surface area contributed by atoms with Crippen LogP contribution < -0.4 is 10.1 Å². The predicted octanol–water partition coefficient (Wildman–Crippen LogP) is 4.07. The first-order valence-electron chi connectivity index (χ1n) is 6.76. The molecule has 0 radical (unpaired) electrons. The third kappa shape index (κ3) is 3.37. The Hall–Kier alpha value is -1.25. The van der Waals surface area contributed by atoms with Crippen LogP contribution in [0.1, 0.15) is 32.6 Å². The van der Waals surface area contributed by atoms with Gasteiger partial charge in [-0.05, 0) is 36.8 Å². The molecule has 3 heteroatoms. The summed E-state index contributed by atoms with van der Waals surface area (Å²) in [6, 6.07) is 5.04. The monoisotopic (exact) mass is 251 g/mol. The van der Waals surface area contributed by atoms with Gasteiger partial charge in [0.15, 0.2) is 11.6 Å². The molecule has 2 rings (SSSR count). The van der Waals surface area contributed by atoms with E-state index in [4.69, 9.17) is 4.74 Å². The van der Waals surface area contributed by atoms with Gasteiger partial charge in [0, 0.05) is 18.3 Å².